The summed E-state index contributed by atoms with van der Waals surface area (Å²) in [7, 11) is 0. The Morgan fingerprint density at radius 3 is 0.798 bits per heavy atom. The summed E-state index contributed by atoms with van der Waals surface area (Å²) >= 11 is 5.89. The zero-order valence-corrected chi connectivity index (χ0v) is 52.0. The Labute approximate surface area is 507 Å². The van der Waals surface area contributed by atoms with Crippen LogP contribution in [0.25, 0.3) is 127 Å². The number of hydrogen-bond acceptors (Lipinski definition) is 3. The van der Waals surface area contributed by atoms with Crippen LogP contribution < -0.4 is 0 Å². The predicted octanol–water partition coefficient (Wildman–Crippen LogP) is 25.4. The molecule has 16 rings (SSSR count). The lowest BCUT2D eigenvalue weighted by molar-refractivity contribution is 0.421. The maximum atomic E-state index is 2.73. The lowest BCUT2D eigenvalue weighted by Crippen LogP contribution is -2.30. The van der Waals surface area contributed by atoms with Gasteiger partial charge in [-0.3, -0.25) is 0 Å². The van der Waals surface area contributed by atoms with Crippen LogP contribution in [0.15, 0.2) is 182 Å². The third kappa shape index (κ3) is 7.16. The average Bonchev–Trinajstić information content (AvgIpc) is 1.49. The van der Waals surface area contributed by atoms with Gasteiger partial charge in [-0.25, -0.2) is 0 Å². The van der Waals surface area contributed by atoms with Gasteiger partial charge in [0.1, 0.15) is 0 Å². The molecule has 13 aromatic rings. The number of rotatable bonds is 15. The van der Waals surface area contributed by atoms with E-state index in [9.17, 15) is 0 Å². The maximum Gasteiger partial charge on any atom is 0.0433 e. The highest BCUT2D eigenvalue weighted by molar-refractivity contribution is 7.27. The fourth-order valence-electron chi connectivity index (χ4n) is 17.8. The highest BCUT2D eigenvalue weighted by atomic mass is 32.1. The number of thiophene rings is 3. The molecule has 0 nitrogen and oxygen atoms in total. The number of fused-ring (bicyclic) bond motifs is 21. The Kier molecular flexibility index (Phi) is 12.5. The summed E-state index contributed by atoms with van der Waals surface area (Å²) in [4.78, 5) is 0. The number of hydrogen-bond donors (Lipinski definition) is 0. The van der Waals surface area contributed by atoms with Crippen LogP contribution in [0.2, 0.25) is 0 Å². The molecule has 0 aliphatic heterocycles. The highest BCUT2D eigenvalue weighted by Gasteiger charge is 2.57. The van der Waals surface area contributed by atoms with Crippen molar-refractivity contribution in [2.45, 2.75) is 135 Å². The van der Waals surface area contributed by atoms with Crippen molar-refractivity contribution in [3.63, 3.8) is 0 Å². The molecule has 0 N–H and O–H groups in total. The highest BCUT2D eigenvalue weighted by Crippen LogP contribution is 2.72. The van der Waals surface area contributed by atoms with Gasteiger partial charge in [0.25, 0.3) is 0 Å². The molecular weight excluding hydrogens is 1070 g/mol. The zero-order chi connectivity index (χ0) is 56.6. The van der Waals surface area contributed by atoms with Crippen molar-refractivity contribution in [1.82, 2.24) is 0 Å². The molecule has 3 aliphatic carbocycles. The molecule has 0 saturated carbocycles. The molecular formula is C81H72S3. The van der Waals surface area contributed by atoms with Crippen molar-refractivity contribution in [3.05, 3.63) is 215 Å². The largest absolute Gasteiger partial charge is 0.135 e. The summed E-state index contributed by atoms with van der Waals surface area (Å²) in [5.41, 5.74) is 26.5. The molecule has 3 heteroatoms. The van der Waals surface area contributed by atoms with Crippen LogP contribution in [0, 0.1) is 0 Å². The molecule has 414 valence electrons. The summed E-state index contributed by atoms with van der Waals surface area (Å²) in [6, 6.07) is 72.2. The quantitative estimate of drug-likeness (QED) is 0.0960. The SMILES string of the molecule is CCCC1(CCC)c2ccc(-c3cccc4c3sc3ccccc34)cc2-c2c1c1c(c3c2C(CCC)(CCC)c2ccc(-c4cccc5c4sc4ccccc45)cc2-3)C(CCC)(CCC)c2ccc(-c3cccc4c3sc3ccccc34)cc2-1. The topological polar surface area (TPSA) is 0 Å². The van der Waals surface area contributed by atoms with Crippen LogP contribution in [0.1, 0.15) is 152 Å². The fourth-order valence-corrected chi connectivity index (χ4v) is 21.5. The molecule has 0 bridgehead atoms. The normalized spacial score (nSPS) is 14.9. The second-order valence-electron chi connectivity index (χ2n) is 25.1. The van der Waals surface area contributed by atoms with Crippen LogP contribution in [-0.4, -0.2) is 0 Å². The van der Waals surface area contributed by atoms with Crippen LogP contribution in [0.3, 0.4) is 0 Å². The molecule has 3 aliphatic rings. The minimum absolute atomic E-state index is 0.177. The van der Waals surface area contributed by atoms with Crippen LogP contribution >= 0.6 is 34.0 Å². The Morgan fingerprint density at radius 2 is 0.524 bits per heavy atom. The molecule has 0 spiro atoms. The zero-order valence-electron chi connectivity index (χ0n) is 49.5. The molecule has 0 radical (unpaired) electrons. The lowest BCUT2D eigenvalue weighted by atomic mass is 9.64. The van der Waals surface area contributed by atoms with E-state index in [1.807, 2.05) is 34.0 Å². The summed E-state index contributed by atoms with van der Waals surface area (Å²) < 4.78 is 8.26. The van der Waals surface area contributed by atoms with Crippen LogP contribution in [0.4, 0.5) is 0 Å². The van der Waals surface area contributed by atoms with Crippen molar-refractivity contribution in [2.24, 2.45) is 0 Å². The second kappa shape index (κ2) is 20.0. The minimum atomic E-state index is -0.177. The first-order valence-electron chi connectivity index (χ1n) is 31.8. The van der Waals surface area contributed by atoms with Crippen molar-refractivity contribution >= 4 is 94.5 Å². The number of benzene rings is 10. The first kappa shape index (κ1) is 52.4. The van der Waals surface area contributed by atoms with Gasteiger partial charge >= 0.3 is 0 Å². The van der Waals surface area contributed by atoms with Gasteiger partial charge in [0.15, 0.2) is 0 Å². The second-order valence-corrected chi connectivity index (χ2v) is 28.3. The summed E-state index contributed by atoms with van der Waals surface area (Å²) in [5, 5.41) is 8.17. The molecule has 0 saturated heterocycles. The van der Waals surface area contributed by atoms with Crippen molar-refractivity contribution in [3.8, 4) is 66.8 Å². The molecule has 10 aromatic carbocycles. The summed E-state index contributed by atoms with van der Waals surface area (Å²) in [6.45, 7) is 14.8. The van der Waals surface area contributed by atoms with Crippen LogP contribution in [-0.2, 0) is 16.2 Å². The van der Waals surface area contributed by atoms with Gasteiger partial charge in [0, 0.05) is 76.8 Å². The first-order chi connectivity index (χ1) is 41.3. The van der Waals surface area contributed by atoms with Gasteiger partial charge in [0.05, 0.1) is 0 Å². The van der Waals surface area contributed by atoms with E-state index in [0.29, 0.717) is 0 Å². The average molecular weight is 1140 g/mol. The molecule has 0 atom stereocenters. The van der Waals surface area contributed by atoms with E-state index >= 15 is 0 Å². The van der Waals surface area contributed by atoms with E-state index < -0.39 is 0 Å². The van der Waals surface area contributed by atoms with Gasteiger partial charge in [-0.05, 0) is 175 Å². The van der Waals surface area contributed by atoms with E-state index in [-0.39, 0.29) is 16.2 Å². The lowest BCUT2D eigenvalue weighted by Gasteiger charge is -2.39. The molecule has 0 amide bonds. The Bertz CT molecular complexity index is 4310. The molecule has 0 fully saturated rings. The fraction of sp³-hybridized carbons (Fsp3) is 0.259. The van der Waals surface area contributed by atoms with Crippen molar-refractivity contribution in [2.75, 3.05) is 0 Å². The van der Waals surface area contributed by atoms with E-state index in [4.69, 9.17) is 0 Å². The van der Waals surface area contributed by atoms with Gasteiger partial charge in [0.2, 0.25) is 0 Å². The Hall–Kier alpha value is -7.14. The smallest absolute Gasteiger partial charge is 0.0433 e. The maximum absolute atomic E-state index is 2.73. The van der Waals surface area contributed by atoms with E-state index in [1.54, 1.807) is 50.1 Å². The third-order valence-corrected chi connectivity index (χ3v) is 24.2. The molecule has 3 heterocycles. The van der Waals surface area contributed by atoms with Gasteiger partial charge in [-0.15, -0.1) is 34.0 Å². The summed E-state index contributed by atoms with van der Waals surface area (Å²) in [6.07, 6.45) is 13.4. The predicted molar refractivity (Wildman–Crippen MR) is 370 cm³/mol. The van der Waals surface area contributed by atoms with Crippen LogP contribution in [0.5, 0.6) is 0 Å². The van der Waals surface area contributed by atoms with Gasteiger partial charge in [-0.1, -0.05) is 226 Å². The summed E-state index contributed by atoms with van der Waals surface area (Å²) in [5.74, 6) is 0. The monoisotopic (exact) mass is 1140 g/mol. The molecule has 84 heavy (non-hydrogen) atoms. The Balaban J connectivity index is 1.08. The van der Waals surface area contributed by atoms with Gasteiger partial charge < -0.3 is 0 Å². The van der Waals surface area contributed by atoms with Gasteiger partial charge in [-0.2, -0.15) is 0 Å². The van der Waals surface area contributed by atoms with E-state index in [1.165, 1.54) is 111 Å². The standard InChI is InChI=1S/C81H72S3/c1-7-40-79(41-8-2)64-37-34-49(52-25-19-28-58-55-22-13-16-31-67(55)82-76(52)58)46-61(64)70-73(79)71-62-47-50(53-26-20-29-59-56-23-14-17-32-68(56)83-77(53)59)35-38-65(62)80(42-9-3,43-10-4)75(71)72-63-48-51(36-39-66(63)81(44-11-5,45-12-6)74(70)72)54-27-21-30-60-57-24-15-18-33-69(57)84-78(54)60/h13-39,46-48H,7-12,40-45H2,1-6H3. The molecule has 0 unspecified atom stereocenters. The van der Waals surface area contributed by atoms with Crippen molar-refractivity contribution in [1.29, 1.82) is 0 Å². The van der Waals surface area contributed by atoms with E-state index in [2.05, 4.69) is 224 Å². The Morgan fingerprint density at radius 1 is 0.262 bits per heavy atom. The van der Waals surface area contributed by atoms with Crippen molar-refractivity contribution < 1.29 is 0 Å². The third-order valence-electron chi connectivity index (χ3n) is 20.6. The first-order valence-corrected chi connectivity index (χ1v) is 34.2. The minimum Gasteiger partial charge on any atom is -0.135 e. The molecule has 3 aromatic heterocycles. The van der Waals surface area contributed by atoms with E-state index in [0.717, 1.165) is 77.0 Å².